The van der Waals surface area contributed by atoms with Gasteiger partial charge in [-0.1, -0.05) is 48.9 Å². The Hall–Kier alpha value is -4.02. The number of aliphatic hydroxyl groups excluding tert-OH is 1. The predicted octanol–water partition coefficient (Wildman–Crippen LogP) is 3.39. The van der Waals surface area contributed by atoms with Gasteiger partial charge in [-0.05, 0) is 30.2 Å². The van der Waals surface area contributed by atoms with E-state index in [0.717, 1.165) is 6.42 Å². The lowest BCUT2D eigenvalue weighted by molar-refractivity contribution is 0.100. The second-order valence-electron chi connectivity index (χ2n) is 6.99. The number of carbonyl (C=O) groups is 1. The van der Waals surface area contributed by atoms with Gasteiger partial charge in [0.2, 0.25) is 17.7 Å². The summed E-state index contributed by atoms with van der Waals surface area (Å²) >= 11 is 6.01. The van der Waals surface area contributed by atoms with Crippen LogP contribution in [-0.4, -0.2) is 37.8 Å². The minimum absolute atomic E-state index is 0.184. The number of carbonyl (C=O) groups excluding carboxylic acids is 1. The van der Waals surface area contributed by atoms with Gasteiger partial charge < -0.3 is 26.3 Å². The third kappa shape index (κ3) is 6.50. The molecule has 0 bridgehead atoms. The maximum Gasteiger partial charge on any atom is 0.253 e. The van der Waals surface area contributed by atoms with E-state index in [1.807, 2.05) is 37.3 Å². The number of benzene rings is 2. The third-order valence-electron chi connectivity index (χ3n) is 4.55. The van der Waals surface area contributed by atoms with E-state index in [1.165, 1.54) is 17.8 Å². The molecule has 34 heavy (non-hydrogen) atoms. The van der Waals surface area contributed by atoms with Crippen LogP contribution in [-0.2, 0) is 12.8 Å². The standard InChI is InChI=1S/C15H14ClN7O2.C8H10O/c1-2-11-22-23-14(25-11)9-6-19-15(21-12(9)17)20-7-3-4-8(13(18)24)10(16)5-7;9-7-6-8-4-2-1-3-5-8/h3-6H,2H2,1H3,(H2,18,24)(H3,17,19,20,21);1-5,9H,6-7H2. The Bertz CT molecular complexity index is 1250. The van der Waals surface area contributed by atoms with Crippen LogP contribution >= 0.6 is 11.6 Å². The Morgan fingerprint density at radius 1 is 1.18 bits per heavy atom. The summed E-state index contributed by atoms with van der Waals surface area (Å²) in [6.07, 6.45) is 2.87. The first-order valence-electron chi connectivity index (χ1n) is 10.4. The van der Waals surface area contributed by atoms with Crippen molar-refractivity contribution in [2.45, 2.75) is 19.8 Å². The number of aryl methyl sites for hydroxylation is 1. The average molecular weight is 482 g/mol. The fraction of sp³-hybridized carbons (Fsp3) is 0.174. The molecule has 0 aliphatic carbocycles. The SMILES string of the molecule is CCc1nnc(-c2cnc(Nc3ccc(C(N)=O)c(Cl)c3)nc2N)o1.OCCc1ccccc1. The van der Waals surface area contributed by atoms with E-state index in [2.05, 4.69) is 25.5 Å². The minimum Gasteiger partial charge on any atom is -0.421 e. The average Bonchev–Trinajstić information content (AvgIpc) is 3.29. The Balaban J connectivity index is 0.000000302. The first-order valence-corrected chi connectivity index (χ1v) is 10.8. The fourth-order valence-electron chi connectivity index (χ4n) is 2.82. The maximum absolute atomic E-state index is 11.2. The van der Waals surface area contributed by atoms with E-state index >= 15 is 0 Å². The molecule has 0 fully saturated rings. The molecule has 2 aromatic carbocycles. The van der Waals surface area contributed by atoms with Crippen molar-refractivity contribution in [3.8, 4) is 11.5 Å². The highest BCUT2D eigenvalue weighted by Crippen LogP contribution is 2.26. The molecular weight excluding hydrogens is 458 g/mol. The number of amides is 1. The van der Waals surface area contributed by atoms with Gasteiger partial charge in [-0.15, -0.1) is 10.2 Å². The van der Waals surface area contributed by atoms with Gasteiger partial charge in [0.15, 0.2) is 0 Å². The van der Waals surface area contributed by atoms with Crippen molar-refractivity contribution >= 4 is 35.0 Å². The number of aliphatic hydroxyl groups is 1. The van der Waals surface area contributed by atoms with Crippen LogP contribution < -0.4 is 16.8 Å². The van der Waals surface area contributed by atoms with Gasteiger partial charge in [0.25, 0.3) is 5.89 Å². The summed E-state index contributed by atoms with van der Waals surface area (Å²) in [5, 5.41) is 19.5. The molecule has 0 spiro atoms. The molecule has 0 radical (unpaired) electrons. The normalized spacial score (nSPS) is 10.3. The number of nitrogens with two attached hydrogens (primary N) is 2. The molecule has 10 nitrogen and oxygen atoms in total. The summed E-state index contributed by atoms with van der Waals surface area (Å²) in [5.74, 6) is 0.589. The van der Waals surface area contributed by atoms with Crippen molar-refractivity contribution < 1.29 is 14.3 Å². The molecule has 176 valence electrons. The molecule has 0 unspecified atom stereocenters. The summed E-state index contributed by atoms with van der Waals surface area (Å²) in [6.45, 7) is 2.14. The van der Waals surface area contributed by atoms with Crippen molar-refractivity contribution in [2.24, 2.45) is 5.73 Å². The molecule has 4 rings (SSSR count). The molecule has 0 atom stereocenters. The number of hydrogen-bond acceptors (Lipinski definition) is 9. The van der Waals surface area contributed by atoms with E-state index in [9.17, 15) is 4.79 Å². The fourth-order valence-corrected chi connectivity index (χ4v) is 3.09. The van der Waals surface area contributed by atoms with Gasteiger partial charge in [-0.2, -0.15) is 4.98 Å². The van der Waals surface area contributed by atoms with Crippen LogP contribution in [0.3, 0.4) is 0 Å². The van der Waals surface area contributed by atoms with Gasteiger partial charge in [0, 0.05) is 24.9 Å². The molecule has 2 heterocycles. The van der Waals surface area contributed by atoms with Crippen LogP contribution in [0.2, 0.25) is 5.02 Å². The highest BCUT2D eigenvalue weighted by molar-refractivity contribution is 6.34. The van der Waals surface area contributed by atoms with E-state index < -0.39 is 5.91 Å². The van der Waals surface area contributed by atoms with E-state index in [0.29, 0.717) is 23.6 Å². The summed E-state index contributed by atoms with van der Waals surface area (Å²) in [5.41, 5.74) is 13.6. The first-order chi connectivity index (χ1) is 16.4. The number of anilines is 3. The number of nitrogens with one attached hydrogen (secondary N) is 1. The molecule has 0 aliphatic rings. The largest absolute Gasteiger partial charge is 0.421 e. The lowest BCUT2D eigenvalue weighted by Gasteiger charge is -2.08. The Morgan fingerprint density at radius 3 is 2.53 bits per heavy atom. The molecule has 0 saturated heterocycles. The molecule has 1 amide bonds. The van der Waals surface area contributed by atoms with E-state index in [-0.39, 0.29) is 34.8 Å². The predicted molar refractivity (Wildman–Crippen MR) is 130 cm³/mol. The first kappa shape index (κ1) is 24.6. The van der Waals surface area contributed by atoms with E-state index in [4.69, 9.17) is 32.6 Å². The summed E-state index contributed by atoms with van der Waals surface area (Å²) in [7, 11) is 0. The second-order valence-corrected chi connectivity index (χ2v) is 7.40. The third-order valence-corrected chi connectivity index (χ3v) is 4.86. The van der Waals surface area contributed by atoms with Crippen LogP contribution in [0.4, 0.5) is 17.5 Å². The second kappa shape index (κ2) is 11.7. The Kier molecular flexibility index (Phi) is 8.49. The topological polar surface area (TPSA) is 166 Å². The van der Waals surface area contributed by atoms with Gasteiger partial charge >= 0.3 is 0 Å². The van der Waals surface area contributed by atoms with Gasteiger partial charge in [0.1, 0.15) is 5.82 Å². The van der Waals surface area contributed by atoms with Crippen molar-refractivity contribution in [1.29, 1.82) is 0 Å². The van der Waals surface area contributed by atoms with Crippen LogP contribution in [0.25, 0.3) is 11.5 Å². The number of nitrogen functional groups attached to an aromatic ring is 1. The number of hydrogen-bond donors (Lipinski definition) is 4. The van der Waals surface area contributed by atoms with Crippen molar-refractivity contribution in [3.05, 3.63) is 76.8 Å². The van der Waals surface area contributed by atoms with Crippen LogP contribution in [0, 0.1) is 0 Å². The molecule has 11 heteroatoms. The van der Waals surface area contributed by atoms with Gasteiger partial charge in [-0.3, -0.25) is 4.79 Å². The lowest BCUT2D eigenvalue weighted by Crippen LogP contribution is -2.11. The zero-order valence-corrected chi connectivity index (χ0v) is 19.2. The highest BCUT2D eigenvalue weighted by atomic mass is 35.5. The maximum atomic E-state index is 11.2. The smallest absolute Gasteiger partial charge is 0.253 e. The van der Waals surface area contributed by atoms with Crippen LogP contribution in [0.15, 0.2) is 59.1 Å². The van der Waals surface area contributed by atoms with Crippen molar-refractivity contribution in [2.75, 3.05) is 17.7 Å². The van der Waals surface area contributed by atoms with Crippen LogP contribution in [0.5, 0.6) is 0 Å². The monoisotopic (exact) mass is 481 g/mol. The molecule has 4 aromatic rings. The number of primary amides is 1. The molecule has 0 saturated carbocycles. The van der Waals surface area contributed by atoms with Crippen LogP contribution in [0.1, 0.15) is 28.7 Å². The number of halogens is 1. The lowest BCUT2D eigenvalue weighted by atomic mass is 10.2. The van der Waals surface area contributed by atoms with E-state index in [1.54, 1.807) is 12.1 Å². The van der Waals surface area contributed by atoms with Crippen molar-refractivity contribution in [1.82, 2.24) is 20.2 Å². The minimum atomic E-state index is -0.604. The molecule has 0 aliphatic heterocycles. The zero-order valence-electron chi connectivity index (χ0n) is 18.4. The zero-order chi connectivity index (χ0) is 24.5. The molecular formula is C23H24ClN7O3. The Morgan fingerprint density at radius 2 is 1.94 bits per heavy atom. The Labute approximate surface area is 201 Å². The summed E-state index contributed by atoms with van der Waals surface area (Å²) in [4.78, 5) is 19.5. The quantitative estimate of drug-likeness (QED) is 0.309. The van der Waals surface area contributed by atoms with Gasteiger partial charge in [-0.25, -0.2) is 4.98 Å². The molecule has 6 N–H and O–H groups in total. The summed E-state index contributed by atoms with van der Waals surface area (Å²) < 4.78 is 5.45. The number of rotatable bonds is 7. The number of aromatic nitrogens is 4. The highest BCUT2D eigenvalue weighted by Gasteiger charge is 2.14. The summed E-state index contributed by atoms with van der Waals surface area (Å²) in [6, 6.07) is 14.6. The van der Waals surface area contributed by atoms with Crippen molar-refractivity contribution in [3.63, 3.8) is 0 Å². The number of nitrogens with zero attached hydrogens (tertiary/aromatic N) is 4. The molecule has 2 aromatic heterocycles. The van der Waals surface area contributed by atoms with Gasteiger partial charge in [0.05, 0.1) is 16.1 Å².